The van der Waals surface area contributed by atoms with Crippen LogP contribution >= 0.6 is 0 Å². The van der Waals surface area contributed by atoms with Crippen molar-refractivity contribution in [1.82, 2.24) is 4.98 Å². The molecule has 0 aliphatic rings. The van der Waals surface area contributed by atoms with E-state index in [0.29, 0.717) is 11.3 Å². The summed E-state index contributed by atoms with van der Waals surface area (Å²) in [6, 6.07) is 1.69. The molecule has 1 aromatic heterocycles. The fraction of sp³-hybridized carbons (Fsp3) is 0.250. The molecule has 0 saturated heterocycles. The van der Waals surface area contributed by atoms with Crippen LogP contribution in [0.1, 0.15) is 21.6 Å². The van der Waals surface area contributed by atoms with Crippen molar-refractivity contribution in [3.63, 3.8) is 0 Å². The average Bonchev–Trinajstić information content (AvgIpc) is 1.85. The first-order valence-electron chi connectivity index (χ1n) is 3.28. The van der Waals surface area contributed by atoms with Crippen molar-refractivity contribution in [1.29, 1.82) is 0 Å². The molecule has 60 valence electrons. The number of carboxylic acid groups (broad SMARTS) is 1. The molecule has 1 aromatic rings. The molecule has 0 spiro atoms. The number of aromatic carboxylic acids is 1. The fourth-order valence-electron chi connectivity index (χ4n) is 1.02. The number of nitrogens with zero attached hydrogens (tertiary/aromatic N) is 1. The molecule has 0 atom stereocenters. The van der Waals surface area contributed by atoms with Crippen molar-refractivity contribution in [2.45, 2.75) is 13.8 Å². The van der Waals surface area contributed by atoms with Gasteiger partial charge in [-0.3, -0.25) is 4.98 Å². The second kappa shape index (κ2) is 4.60. The average molecular weight is 175 g/mol. The summed E-state index contributed by atoms with van der Waals surface area (Å²) in [5.41, 5.74) is 1.63. The molecule has 0 bridgehead atoms. The molecular formula is C8H10NNaO2. The van der Waals surface area contributed by atoms with Crippen molar-refractivity contribution < 1.29 is 9.90 Å². The predicted octanol–water partition coefficient (Wildman–Crippen LogP) is 0.748. The van der Waals surface area contributed by atoms with Crippen LogP contribution in [-0.4, -0.2) is 45.6 Å². The van der Waals surface area contributed by atoms with Gasteiger partial charge in [0.05, 0.1) is 11.3 Å². The molecule has 0 aliphatic heterocycles. The molecule has 1 heterocycles. The van der Waals surface area contributed by atoms with E-state index in [9.17, 15) is 4.79 Å². The Hall–Kier alpha value is -0.380. The monoisotopic (exact) mass is 175 g/mol. The summed E-state index contributed by atoms with van der Waals surface area (Å²) in [6.07, 6.45) is 1.61. The van der Waals surface area contributed by atoms with Crippen LogP contribution in [0.5, 0.6) is 0 Å². The number of hydrogen-bond donors (Lipinski definition) is 1. The summed E-state index contributed by atoms with van der Waals surface area (Å²) in [7, 11) is 0. The molecule has 1 rings (SSSR count). The van der Waals surface area contributed by atoms with Crippen LogP contribution in [-0.2, 0) is 0 Å². The van der Waals surface area contributed by atoms with E-state index in [1.54, 1.807) is 26.1 Å². The van der Waals surface area contributed by atoms with Crippen molar-refractivity contribution in [2.24, 2.45) is 0 Å². The number of carboxylic acids is 1. The fourth-order valence-corrected chi connectivity index (χ4v) is 1.02. The van der Waals surface area contributed by atoms with Crippen LogP contribution < -0.4 is 0 Å². The maximum atomic E-state index is 10.6. The zero-order valence-electron chi connectivity index (χ0n) is 6.46. The Morgan fingerprint density at radius 1 is 1.50 bits per heavy atom. The Balaban J connectivity index is 0.00000121. The number of pyridine rings is 1. The SMILES string of the molecule is Cc1ccnc(C)c1C(=O)O.[NaH]. The van der Waals surface area contributed by atoms with Gasteiger partial charge in [-0.15, -0.1) is 0 Å². The maximum absolute atomic E-state index is 10.6. The van der Waals surface area contributed by atoms with Crippen LogP contribution in [0.15, 0.2) is 12.3 Å². The van der Waals surface area contributed by atoms with E-state index in [4.69, 9.17) is 5.11 Å². The summed E-state index contributed by atoms with van der Waals surface area (Å²) in [6.45, 7) is 3.45. The van der Waals surface area contributed by atoms with E-state index >= 15 is 0 Å². The van der Waals surface area contributed by atoms with E-state index in [1.165, 1.54) is 0 Å². The standard InChI is InChI=1S/C8H9NO2.Na.H/c1-5-3-4-9-6(2)7(5)8(10)11;;/h3-4H,1-2H3,(H,10,11);;. The molecule has 3 nitrogen and oxygen atoms in total. The van der Waals surface area contributed by atoms with E-state index in [2.05, 4.69) is 4.98 Å². The molecule has 0 aliphatic carbocycles. The van der Waals surface area contributed by atoms with Crippen LogP contribution in [0, 0.1) is 13.8 Å². The summed E-state index contributed by atoms with van der Waals surface area (Å²) in [5, 5.41) is 8.71. The zero-order valence-corrected chi connectivity index (χ0v) is 6.46. The van der Waals surface area contributed by atoms with Gasteiger partial charge in [0, 0.05) is 6.20 Å². The molecule has 0 aromatic carbocycles. The summed E-state index contributed by atoms with van der Waals surface area (Å²) < 4.78 is 0. The molecule has 4 heteroatoms. The second-order valence-electron chi connectivity index (χ2n) is 2.39. The normalized spacial score (nSPS) is 8.83. The van der Waals surface area contributed by atoms with Crippen LogP contribution in [0.2, 0.25) is 0 Å². The van der Waals surface area contributed by atoms with Crippen molar-refractivity contribution in [3.05, 3.63) is 29.1 Å². The third-order valence-corrected chi connectivity index (χ3v) is 1.56. The first kappa shape index (κ1) is 11.6. The molecule has 0 unspecified atom stereocenters. The topological polar surface area (TPSA) is 50.2 Å². The van der Waals surface area contributed by atoms with Gasteiger partial charge in [0.15, 0.2) is 0 Å². The Bertz CT molecular complexity index is 279. The molecule has 12 heavy (non-hydrogen) atoms. The third kappa shape index (κ3) is 2.30. The Morgan fingerprint density at radius 2 is 2.08 bits per heavy atom. The van der Waals surface area contributed by atoms with Gasteiger partial charge >= 0.3 is 35.5 Å². The minimum atomic E-state index is -0.909. The summed E-state index contributed by atoms with van der Waals surface area (Å²) in [5.74, 6) is -0.909. The molecule has 0 fully saturated rings. The zero-order chi connectivity index (χ0) is 8.43. The first-order chi connectivity index (χ1) is 5.13. The molecule has 0 amide bonds. The number of aromatic nitrogens is 1. The number of hydrogen-bond acceptors (Lipinski definition) is 2. The Labute approximate surface area is 93.1 Å². The van der Waals surface area contributed by atoms with Gasteiger partial charge in [-0.05, 0) is 25.5 Å². The quantitative estimate of drug-likeness (QED) is 0.640. The van der Waals surface area contributed by atoms with Gasteiger partial charge in [-0.1, -0.05) is 0 Å². The van der Waals surface area contributed by atoms with Gasteiger partial charge in [0.2, 0.25) is 0 Å². The molecule has 0 radical (unpaired) electrons. The van der Waals surface area contributed by atoms with Crippen LogP contribution in [0.3, 0.4) is 0 Å². The minimum absolute atomic E-state index is 0. The molecular weight excluding hydrogens is 165 g/mol. The van der Waals surface area contributed by atoms with E-state index in [1.807, 2.05) is 0 Å². The summed E-state index contributed by atoms with van der Waals surface area (Å²) >= 11 is 0. The van der Waals surface area contributed by atoms with Gasteiger partial charge in [-0.25, -0.2) is 4.79 Å². The third-order valence-electron chi connectivity index (χ3n) is 1.56. The van der Waals surface area contributed by atoms with E-state index < -0.39 is 5.97 Å². The van der Waals surface area contributed by atoms with Crippen molar-refractivity contribution in [3.8, 4) is 0 Å². The number of aryl methyl sites for hydroxylation is 2. The second-order valence-corrected chi connectivity index (χ2v) is 2.39. The van der Waals surface area contributed by atoms with Crippen molar-refractivity contribution >= 4 is 35.5 Å². The van der Waals surface area contributed by atoms with Crippen LogP contribution in [0.25, 0.3) is 0 Å². The Kier molecular flexibility index (Phi) is 4.45. The number of carbonyl (C=O) groups is 1. The van der Waals surface area contributed by atoms with Gasteiger partial charge < -0.3 is 5.11 Å². The van der Waals surface area contributed by atoms with E-state index in [-0.39, 0.29) is 29.6 Å². The predicted molar refractivity (Wildman–Crippen MR) is 47.8 cm³/mol. The summed E-state index contributed by atoms with van der Waals surface area (Å²) in [4.78, 5) is 14.5. The molecule has 0 saturated carbocycles. The van der Waals surface area contributed by atoms with Crippen LogP contribution in [0.4, 0.5) is 0 Å². The molecule has 1 N–H and O–H groups in total. The first-order valence-corrected chi connectivity index (χ1v) is 3.28. The van der Waals surface area contributed by atoms with Gasteiger partial charge in [0.25, 0.3) is 0 Å². The van der Waals surface area contributed by atoms with Crippen molar-refractivity contribution in [2.75, 3.05) is 0 Å². The number of rotatable bonds is 1. The van der Waals surface area contributed by atoms with Gasteiger partial charge in [0.1, 0.15) is 0 Å². The van der Waals surface area contributed by atoms with Gasteiger partial charge in [-0.2, -0.15) is 0 Å². The van der Waals surface area contributed by atoms with E-state index in [0.717, 1.165) is 5.56 Å². The Morgan fingerprint density at radius 3 is 2.42 bits per heavy atom.